The van der Waals surface area contributed by atoms with Gasteiger partial charge in [0.2, 0.25) is 0 Å². The summed E-state index contributed by atoms with van der Waals surface area (Å²) in [7, 11) is 0. The van der Waals surface area contributed by atoms with Gasteiger partial charge in [-0.2, -0.15) is 0 Å². The van der Waals surface area contributed by atoms with E-state index in [2.05, 4.69) is 59.4 Å². The fraction of sp³-hybridized carbons (Fsp3) is 0.625. The fourth-order valence-corrected chi connectivity index (χ4v) is 1.93. The summed E-state index contributed by atoms with van der Waals surface area (Å²) in [5.74, 6) is 1.39. The molecule has 0 heteroatoms. The fourth-order valence-electron chi connectivity index (χ4n) is 1.93. The first-order valence-electron chi connectivity index (χ1n) is 6.37. The van der Waals surface area contributed by atoms with Crippen LogP contribution in [-0.2, 0) is 0 Å². The van der Waals surface area contributed by atoms with E-state index < -0.39 is 0 Å². The van der Waals surface area contributed by atoms with Crippen molar-refractivity contribution in [1.82, 2.24) is 0 Å². The number of hydrogen-bond donors (Lipinski definition) is 0. The van der Waals surface area contributed by atoms with E-state index in [1.54, 1.807) is 5.57 Å². The molecule has 0 aliphatic carbocycles. The molecule has 0 radical (unpaired) electrons. The molecule has 0 aromatic carbocycles. The standard InChI is InChI=1S/C16H28/c1-7-9-10-16(8-2)12-14(5)11-15(6)13(3)4/h7-9,14,16H,2,10-12H2,1,3-6H3/b9-7-. The number of allylic oxidation sites excluding steroid dienone is 5. The van der Waals surface area contributed by atoms with Gasteiger partial charge < -0.3 is 0 Å². The topological polar surface area (TPSA) is 0 Å². The average Bonchev–Trinajstić information content (AvgIpc) is 2.23. The van der Waals surface area contributed by atoms with E-state index in [0.29, 0.717) is 5.92 Å². The molecular formula is C16H28. The Morgan fingerprint density at radius 3 is 2.31 bits per heavy atom. The molecule has 0 bridgehead atoms. The predicted octanol–water partition coefficient (Wildman–Crippen LogP) is 5.53. The zero-order chi connectivity index (χ0) is 12.6. The third kappa shape index (κ3) is 6.66. The second-order valence-corrected chi connectivity index (χ2v) is 5.13. The Morgan fingerprint density at radius 2 is 1.88 bits per heavy atom. The van der Waals surface area contributed by atoms with Crippen molar-refractivity contribution in [3.63, 3.8) is 0 Å². The number of rotatable bonds is 7. The Bertz CT molecular complexity index is 251. The molecule has 0 heterocycles. The minimum absolute atomic E-state index is 0.635. The summed E-state index contributed by atoms with van der Waals surface area (Å²) in [5.41, 5.74) is 3.01. The molecule has 0 aliphatic rings. The van der Waals surface area contributed by atoms with Gasteiger partial charge in [0.05, 0.1) is 0 Å². The highest BCUT2D eigenvalue weighted by Crippen LogP contribution is 2.23. The zero-order valence-electron chi connectivity index (χ0n) is 11.7. The monoisotopic (exact) mass is 220 g/mol. The Kier molecular flexibility index (Phi) is 7.97. The van der Waals surface area contributed by atoms with E-state index in [0.717, 1.165) is 12.3 Å². The molecule has 2 unspecified atom stereocenters. The first-order valence-corrected chi connectivity index (χ1v) is 6.37. The van der Waals surface area contributed by atoms with E-state index in [1.165, 1.54) is 18.4 Å². The molecular weight excluding hydrogens is 192 g/mol. The molecule has 0 saturated carbocycles. The summed E-state index contributed by atoms with van der Waals surface area (Å²) in [5, 5.41) is 0. The second-order valence-electron chi connectivity index (χ2n) is 5.13. The van der Waals surface area contributed by atoms with Crippen LogP contribution in [0.1, 0.15) is 53.9 Å². The molecule has 16 heavy (non-hydrogen) atoms. The highest BCUT2D eigenvalue weighted by Gasteiger charge is 2.10. The van der Waals surface area contributed by atoms with Crippen LogP contribution in [0.15, 0.2) is 36.0 Å². The third-order valence-electron chi connectivity index (χ3n) is 3.22. The molecule has 0 nitrogen and oxygen atoms in total. The van der Waals surface area contributed by atoms with E-state index >= 15 is 0 Å². The van der Waals surface area contributed by atoms with Gasteiger partial charge in [-0.15, -0.1) is 6.58 Å². The Labute approximate surface area is 102 Å². The van der Waals surface area contributed by atoms with Gasteiger partial charge in [-0.3, -0.25) is 0 Å². The maximum atomic E-state index is 3.94. The van der Waals surface area contributed by atoms with Crippen molar-refractivity contribution in [3.8, 4) is 0 Å². The highest BCUT2D eigenvalue weighted by molar-refractivity contribution is 5.07. The van der Waals surface area contributed by atoms with Gasteiger partial charge in [0, 0.05) is 0 Å². The minimum atomic E-state index is 0.635. The quantitative estimate of drug-likeness (QED) is 0.495. The van der Waals surface area contributed by atoms with Crippen molar-refractivity contribution >= 4 is 0 Å². The zero-order valence-corrected chi connectivity index (χ0v) is 11.7. The normalized spacial score (nSPS) is 14.8. The molecule has 0 saturated heterocycles. The third-order valence-corrected chi connectivity index (χ3v) is 3.22. The molecule has 0 spiro atoms. The van der Waals surface area contributed by atoms with Crippen LogP contribution in [0.4, 0.5) is 0 Å². The van der Waals surface area contributed by atoms with Crippen molar-refractivity contribution in [2.75, 3.05) is 0 Å². The van der Waals surface area contributed by atoms with E-state index in [1.807, 2.05) is 0 Å². The first kappa shape index (κ1) is 15.2. The average molecular weight is 220 g/mol. The van der Waals surface area contributed by atoms with E-state index in [-0.39, 0.29) is 0 Å². The Hall–Kier alpha value is -0.780. The molecule has 0 rings (SSSR count). The lowest BCUT2D eigenvalue weighted by Gasteiger charge is -2.17. The smallest absolute Gasteiger partial charge is 0.0199 e. The van der Waals surface area contributed by atoms with Gasteiger partial charge >= 0.3 is 0 Å². The highest BCUT2D eigenvalue weighted by atomic mass is 14.2. The molecule has 0 aromatic rings. The molecule has 0 amide bonds. The molecule has 2 atom stereocenters. The van der Waals surface area contributed by atoms with Crippen LogP contribution in [0.5, 0.6) is 0 Å². The first-order chi connectivity index (χ1) is 7.51. The van der Waals surface area contributed by atoms with Gasteiger partial charge in [0.15, 0.2) is 0 Å². The van der Waals surface area contributed by atoms with Crippen LogP contribution in [0.25, 0.3) is 0 Å². The van der Waals surface area contributed by atoms with Crippen molar-refractivity contribution in [3.05, 3.63) is 36.0 Å². The van der Waals surface area contributed by atoms with Crippen LogP contribution in [0.3, 0.4) is 0 Å². The minimum Gasteiger partial charge on any atom is -0.103 e. The summed E-state index contributed by atoms with van der Waals surface area (Å²) in [6.07, 6.45) is 10.1. The summed E-state index contributed by atoms with van der Waals surface area (Å²) in [6, 6.07) is 0. The van der Waals surface area contributed by atoms with E-state index in [9.17, 15) is 0 Å². The largest absolute Gasteiger partial charge is 0.103 e. The molecule has 0 aliphatic heterocycles. The lowest BCUT2D eigenvalue weighted by Crippen LogP contribution is -2.04. The van der Waals surface area contributed by atoms with Gasteiger partial charge in [-0.1, -0.05) is 36.3 Å². The predicted molar refractivity (Wildman–Crippen MR) is 75.6 cm³/mol. The Balaban J connectivity index is 4.15. The summed E-state index contributed by atoms with van der Waals surface area (Å²) in [6.45, 7) is 15.0. The van der Waals surface area contributed by atoms with Gasteiger partial charge in [0.25, 0.3) is 0 Å². The SMILES string of the molecule is C=CC(C/C=C\C)CC(C)CC(C)=C(C)C. The van der Waals surface area contributed by atoms with Crippen molar-refractivity contribution in [2.24, 2.45) is 11.8 Å². The van der Waals surface area contributed by atoms with Crippen molar-refractivity contribution < 1.29 is 0 Å². The molecule has 0 fully saturated rings. The summed E-state index contributed by atoms with van der Waals surface area (Å²) in [4.78, 5) is 0. The van der Waals surface area contributed by atoms with Crippen molar-refractivity contribution in [2.45, 2.75) is 53.9 Å². The van der Waals surface area contributed by atoms with Crippen LogP contribution < -0.4 is 0 Å². The molecule has 0 aromatic heterocycles. The maximum Gasteiger partial charge on any atom is -0.0199 e. The van der Waals surface area contributed by atoms with Gasteiger partial charge in [0.1, 0.15) is 0 Å². The Morgan fingerprint density at radius 1 is 1.25 bits per heavy atom. The van der Waals surface area contributed by atoms with Crippen molar-refractivity contribution in [1.29, 1.82) is 0 Å². The van der Waals surface area contributed by atoms with Crippen LogP contribution in [0.2, 0.25) is 0 Å². The van der Waals surface area contributed by atoms with E-state index in [4.69, 9.17) is 0 Å². The van der Waals surface area contributed by atoms with Crippen LogP contribution in [0, 0.1) is 11.8 Å². The van der Waals surface area contributed by atoms with Crippen LogP contribution >= 0.6 is 0 Å². The van der Waals surface area contributed by atoms with Gasteiger partial charge in [-0.05, 0) is 58.8 Å². The lowest BCUT2D eigenvalue weighted by molar-refractivity contribution is 0.444. The van der Waals surface area contributed by atoms with Crippen LogP contribution in [-0.4, -0.2) is 0 Å². The van der Waals surface area contributed by atoms with Gasteiger partial charge in [-0.25, -0.2) is 0 Å². The lowest BCUT2D eigenvalue weighted by atomic mass is 9.88. The molecule has 0 N–H and O–H groups in total. The number of hydrogen-bond acceptors (Lipinski definition) is 0. The summed E-state index contributed by atoms with van der Waals surface area (Å²) >= 11 is 0. The maximum absolute atomic E-state index is 3.94. The second kappa shape index (κ2) is 8.38. The summed E-state index contributed by atoms with van der Waals surface area (Å²) < 4.78 is 0. The molecule has 92 valence electrons.